The van der Waals surface area contributed by atoms with Gasteiger partial charge >= 0.3 is 31.1 Å². The minimum atomic E-state index is 0. The maximum atomic E-state index is 4.97. The summed E-state index contributed by atoms with van der Waals surface area (Å²) in [5, 5.41) is 3.36. The third-order valence-electron chi connectivity index (χ3n) is 3.50. The van der Waals surface area contributed by atoms with Gasteiger partial charge in [0, 0.05) is 27.7 Å². The SMILES string of the molecule is [CH2-]Oc1[c-]c(CCN(C)C2=CC(C)N=C(N(C)C)N2)ccc1.[U+2]. The van der Waals surface area contributed by atoms with Crippen LogP contribution in [-0.2, 0) is 6.42 Å². The summed E-state index contributed by atoms with van der Waals surface area (Å²) in [6.07, 6.45) is 3.02. The minimum absolute atomic E-state index is 0. The second kappa shape index (κ2) is 9.24. The summed E-state index contributed by atoms with van der Waals surface area (Å²) in [5.41, 5.74) is 1.11. The molecule has 1 aromatic carbocycles. The molecule has 1 heterocycles. The molecule has 5 nitrogen and oxygen atoms in total. The number of rotatable bonds is 5. The van der Waals surface area contributed by atoms with E-state index >= 15 is 0 Å². The van der Waals surface area contributed by atoms with Gasteiger partial charge in [0.2, 0.25) is 0 Å². The normalized spacial score (nSPS) is 16.5. The summed E-state index contributed by atoms with van der Waals surface area (Å²) in [4.78, 5) is 8.74. The average molecular weight is 538 g/mol. The van der Waals surface area contributed by atoms with E-state index in [9.17, 15) is 0 Å². The summed E-state index contributed by atoms with van der Waals surface area (Å²) in [5.74, 6) is 2.64. The van der Waals surface area contributed by atoms with Crippen molar-refractivity contribution < 1.29 is 35.9 Å². The van der Waals surface area contributed by atoms with Gasteiger partial charge in [-0.15, -0.1) is 12.1 Å². The number of guanidine groups is 1. The van der Waals surface area contributed by atoms with Crippen LogP contribution in [0.3, 0.4) is 0 Å². The van der Waals surface area contributed by atoms with Gasteiger partial charge in [-0.2, -0.15) is 24.8 Å². The van der Waals surface area contributed by atoms with E-state index in [1.54, 1.807) is 0 Å². The Labute approximate surface area is 163 Å². The summed E-state index contributed by atoms with van der Waals surface area (Å²) in [6.45, 7) is 2.96. The number of ether oxygens (including phenoxy) is 1. The molecular weight excluding hydrogens is 514 g/mol. The average Bonchev–Trinajstić information content (AvgIpc) is 2.52. The summed E-state index contributed by atoms with van der Waals surface area (Å²) in [6, 6.07) is 9.24. The van der Waals surface area contributed by atoms with Crippen LogP contribution in [0, 0.1) is 44.3 Å². The molecule has 6 heteroatoms. The van der Waals surface area contributed by atoms with Crippen LogP contribution in [0.2, 0.25) is 0 Å². The monoisotopic (exact) mass is 538 g/mol. The molecule has 122 valence electrons. The second-order valence-corrected chi connectivity index (χ2v) is 5.62. The van der Waals surface area contributed by atoms with Crippen molar-refractivity contribution in [1.29, 1.82) is 0 Å². The molecule has 1 N–H and O–H groups in total. The van der Waals surface area contributed by atoms with E-state index in [2.05, 4.69) is 48.4 Å². The Morgan fingerprint density at radius 3 is 2.74 bits per heavy atom. The van der Waals surface area contributed by atoms with Crippen LogP contribution < -0.4 is 10.1 Å². The van der Waals surface area contributed by atoms with Crippen LogP contribution in [0.15, 0.2) is 35.1 Å². The van der Waals surface area contributed by atoms with Crippen molar-refractivity contribution >= 4 is 5.96 Å². The van der Waals surface area contributed by atoms with Crippen molar-refractivity contribution in [1.82, 2.24) is 15.1 Å². The minimum Gasteiger partial charge on any atom is -0.683 e. The number of hydrogen-bond donors (Lipinski definition) is 1. The smallest absolute Gasteiger partial charge is 0.683 e. The molecule has 1 atom stereocenters. The number of likely N-dealkylation sites (N-methyl/N-ethyl adjacent to an activating group) is 1. The molecule has 1 aliphatic rings. The molecule has 1 aliphatic heterocycles. The Bertz CT molecular complexity index is 571. The summed E-state index contributed by atoms with van der Waals surface area (Å²) >= 11 is 0. The molecule has 0 saturated carbocycles. The van der Waals surface area contributed by atoms with Crippen molar-refractivity contribution in [3.8, 4) is 5.75 Å². The van der Waals surface area contributed by atoms with Gasteiger partial charge in [-0.05, 0) is 25.2 Å². The quantitative estimate of drug-likeness (QED) is 0.582. The molecule has 0 aromatic heterocycles. The zero-order chi connectivity index (χ0) is 16.1. The molecule has 0 aliphatic carbocycles. The molecule has 0 radical (unpaired) electrons. The molecule has 1 aromatic rings. The number of nitrogens with one attached hydrogen (secondary N) is 1. The number of aliphatic imine (C=N–C) groups is 1. The predicted molar refractivity (Wildman–Crippen MR) is 89.4 cm³/mol. The third-order valence-corrected chi connectivity index (χ3v) is 3.50. The van der Waals surface area contributed by atoms with Crippen LogP contribution in [0.5, 0.6) is 5.75 Å². The Kier molecular flexibility index (Phi) is 8.01. The van der Waals surface area contributed by atoms with E-state index in [0.29, 0.717) is 5.75 Å². The Hall–Kier alpha value is -1.12. The van der Waals surface area contributed by atoms with Gasteiger partial charge < -0.3 is 19.9 Å². The van der Waals surface area contributed by atoms with Gasteiger partial charge in [-0.1, -0.05) is 0 Å². The summed E-state index contributed by atoms with van der Waals surface area (Å²) < 4.78 is 4.97. The molecule has 1 unspecified atom stereocenters. The van der Waals surface area contributed by atoms with Crippen molar-refractivity contribution in [2.45, 2.75) is 19.4 Å². The zero-order valence-corrected chi connectivity index (χ0v) is 18.4. The Morgan fingerprint density at radius 1 is 1.35 bits per heavy atom. The van der Waals surface area contributed by atoms with Gasteiger partial charge in [0.15, 0.2) is 5.96 Å². The fourth-order valence-electron chi connectivity index (χ4n) is 2.23. The van der Waals surface area contributed by atoms with E-state index in [4.69, 9.17) is 4.74 Å². The standard InChI is InChI=1S/C17H24N4O.U/c1-13-11-16(19-17(18-13)20(2)3)21(4)10-9-14-7-6-8-15(12-14)22-5;/h6-8,11,13H,5,9-10H2,1-4H3,(H,18,19);/q-2;+2. The molecule has 0 fully saturated rings. The molecule has 23 heavy (non-hydrogen) atoms. The Balaban J connectivity index is 0.00000264. The first-order valence-electron chi connectivity index (χ1n) is 7.38. The second-order valence-electron chi connectivity index (χ2n) is 5.62. The first kappa shape index (κ1) is 19.9. The van der Waals surface area contributed by atoms with E-state index in [1.807, 2.05) is 37.2 Å². The van der Waals surface area contributed by atoms with Crippen LogP contribution in [0.25, 0.3) is 0 Å². The van der Waals surface area contributed by atoms with E-state index in [1.165, 1.54) is 0 Å². The molecule has 0 amide bonds. The van der Waals surface area contributed by atoms with Gasteiger partial charge in [0.1, 0.15) is 5.82 Å². The van der Waals surface area contributed by atoms with Crippen LogP contribution in [0.1, 0.15) is 12.5 Å². The molecule has 0 bridgehead atoms. The van der Waals surface area contributed by atoms with Crippen LogP contribution >= 0.6 is 0 Å². The van der Waals surface area contributed by atoms with Crippen LogP contribution in [-0.4, -0.2) is 49.5 Å². The van der Waals surface area contributed by atoms with Crippen molar-refractivity contribution in [2.24, 2.45) is 4.99 Å². The van der Waals surface area contributed by atoms with Crippen molar-refractivity contribution in [3.05, 3.63) is 48.8 Å². The zero-order valence-electron chi connectivity index (χ0n) is 14.3. The predicted octanol–water partition coefficient (Wildman–Crippen LogP) is 1.88. The third kappa shape index (κ3) is 5.78. The largest absolute Gasteiger partial charge is 2.00 e. The van der Waals surface area contributed by atoms with Gasteiger partial charge in [0.25, 0.3) is 0 Å². The van der Waals surface area contributed by atoms with Gasteiger partial charge in [-0.3, -0.25) is 0 Å². The van der Waals surface area contributed by atoms with Crippen molar-refractivity contribution in [2.75, 3.05) is 27.7 Å². The topological polar surface area (TPSA) is 40.1 Å². The first-order chi connectivity index (χ1) is 10.5. The van der Waals surface area contributed by atoms with E-state index in [-0.39, 0.29) is 37.2 Å². The maximum Gasteiger partial charge on any atom is 2.00 e. The molecule has 0 saturated heterocycles. The molecule has 0 spiro atoms. The van der Waals surface area contributed by atoms with E-state index in [0.717, 1.165) is 30.3 Å². The summed E-state index contributed by atoms with van der Waals surface area (Å²) in [7, 11) is 9.47. The number of hydrogen-bond acceptors (Lipinski definition) is 5. The fourth-order valence-corrected chi connectivity index (χ4v) is 2.23. The van der Waals surface area contributed by atoms with Gasteiger partial charge in [-0.25, -0.2) is 4.99 Å². The molecule has 2 rings (SSSR count). The number of nitrogens with zero attached hydrogens (tertiary/aromatic N) is 3. The maximum absolute atomic E-state index is 4.97. The van der Waals surface area contributed by atoms with Crippen LogP contribution in [0.4, 0.5) is 0 Å². The Morgan fingerprint density at radius 2 is 2.09 bits per heavy atom. The first-order valence-corrected chi connectivity index (χ1v) is 7.38. The molecular formula is C17H24N4OU. The number of benzene rings is 1. The van der Waals surface area contributed by atoms with E-state index < -0.39 is 0 Å². The van der Waals surface area contributed by atoms with Gasteiger partial charge in [0.05, 0.1) is 6.04 Å². The van der Waals surface area contributed by atoms with Crippen molar-refractivity contribution in [3.63, 3.8) is 0 Å². The fraction of sp³-hybridized carbons (Fsp3) is 0.412.